The van der Waals surface area contributed by atoms with Gasteiger partial charge in [-0.25, -0.2) is 0 Å². The van der Waals surface area contributed by atoms with Gasteiger partial charge in [-0.15, -0.1) is 0 Å². The number of carbonyl (C=O) groups excluding carboxylic acids is 1. The summed E-state index contributed by atoms with van der Waals surface area (Å²) in [4.78, 5) is 12.7. The lowest BCUT2D eigenvalue weighted by Crippen LogP contribution is -2.42. The van der Waals surface area contributed by atoms with Crippen LogP contribution in [0.5, 0.6) is 11.5 Å². The summed E-state index contributed by atoms with van der Waals surface area (Å²) in [5.74, 6) is 3.71. The van der Waals surface area contributed by atoms with Crippen LogP contribution in [0.1, 0.15) is 46.5 Å². The summed E-state index contributed by atoms with van der Waals surface area (Å²) in [6, 6.07) is 7.74. The van der Waals surface area contributed by atoms with Crippen molar-refractivity contribution >= 4 is 5.91 Å². The Morgan fingerprint density at radius 3 is 2.76 bits per heavy atom. The Kier molecular flexibility index (Phi) is 5.87. The van der Waals surface area contributed by atoms with Gasteiger partial charge < -0.3 is 14.8 Å². The van der Waals surface area contributed by atoms with Crippen LogP contribution in [0, 0.1) is 23.7 Å². The SMILES string of the molecule is CC1CCC(C(C)C)C(C(=O)NCCC2COc3ccccc3O2)C1. The molecule has 0 spiro atoms. The number of para-hydroxylation sites is 2. The highest BCUT2D eigenvalue weighted by Crippen LogP contribution is 2.38. The molecule has 2 aliphatic rings. The molecule has 1 aliphatic heterocycles. The summed E-state index contributed by atoms with van der Waals surface area (Å²) in [5.41, 5.74) is 0. The minimum Gasteiger partial charge on any atom is -0.486 e. The first-order valence-corrected chi connectivity index (χ1v) is 9.70. The first-order valence-electron chi connectivity index (χ1n) is 9.70. The molecule has 0 radical (unpaired) electrons. The molecule has 1 heterocycles. The number of nitrogens with one attached hydrogen (secondary N) is 1. The fourth-order valence-electron chi connectivity index (χ4n) is 4.20. The summed E-state index contributed by atoms with van der Waals surface area (Å²) in [6.45, 7) is 7.94. The third-order valence-electron chi connectivity index (χ3n) is 5.69. The largest absolute Gasteiger partial charge is 0.486 e. The second kappa shape index (κ2) is 8.11. The fourth-order valence-corrected chi connectivity index (χ4v) is 4.20. The molecule has 1 aromatic rings. The number of ether oxygens (including phenoxy) is 2. The quantitative estimate of drug-likeness (QED) is 0.876. The van der Waals surface area contributed by atoms with Crippen LogP contribution in [0.3, 0.4) is 0 Å². The van der Waals surface area contributed by atoms with Gasteiger partial charge in [0.2, 0.25) is 5.91 Å². The normalized spacial score (nSPS) is 28.6. The average molecular weight is 345 g/mol. The van der Waals surface area contributed by atoms with E-state index in [0.717, 1.165) is 24.3 Å². The number of hydrogen-bond donors (Lipinski definition) is 1. The molecule has 1 N–H and O–H groups in total. The van der Waals surface area contributed by atoms with Gasteiger partial charge in [-0.3, -0.25) is 4.79 Å². The van der Waals surface area contributed by atoms with E-state index in [9.17, 15) is 4.79 Å². The molecule has 3 rings (SSSR count). The topological polar surface area (TPSA) is 47.6 Å². The van der Waals surface area contributed by atoms with Crippen LogP contribution in [-0.2, 0) is 4.79 Å². The second-order valence-corrected chi connectivity index (χ2v) is 8.01. The molecule has 1 amide bonds. The highest BCUT2D eigenvalue weighted by molar-refractivity contribution is 5.79. The Balaban J connectivity index is 1.47. The molecule has 4 unspecified atom stereocenters. The van der Waals surface area contributed by atoms with Gasteiger partial charge in [-0.05, 0) is 42.7 Å². The molecule has 1 aliphatic carbocycles. The van der Waals surface area contributed by atoms with Crippen LogP contribution in [0.4, 0.5) is 0 Å². The minimum atomic E-state index is 0.00127. The van der Waals surface area contributed by atoms with Crippen molar-refractivity contribution in [2.75, 3.05) is 13.2 Å². The summed E-state index contributed by atoms with van der Waals surface area (Å²) in [5, 5.41) is 3.15. The van der Waals surface area contributed by atoms with E-state index in [-0.39, 0.29) is 17.9 Å². The maximum Gasteiger partial charge on any atom is 0.223 e. The maximum absolute atomic E-state index is 12.7. The molecule has 1 fully saturated rings. The smallest absolute Gasteiger partial charge is 0.223 e. The third kappa shape index (κ3) is 4.47. The van der Waals surface area contributed by atoms with Gasteiger partial charge in [0.1, 0.15) is 12.7 Å². The lowest BCUT2D eigenvalue weighted by molar-refractivity contribution is -0.129. The zero-order valence-electron chi connectivity index (χ0n) is 15.7. The van der Waals surface area contributed by atoms with Gasteiger partial charge >= 0.3 is 0 Å². The van der Waals surface area contributed by atoms with E-state index >= 15 is 0 Å². The number of rotatable bonds is 5. The molecule has 4 heteroatoms. The number of benzene rings is 1. The Morgan fingerprint density at radius 2 is 2.00 bits per heavy atom. The van der Waals surface area contributed by atoms with E-state index in [2.05, 4.69) is 26.1 Å². The summed E-state index contributed by atoms with van der Waals surface area (Å²) < 4.78 is 11.7. The molecular weight excluding hydrogens is 314 g/mol. The number of hydrogen-bond acceptors (Lipinski definition) is 3. The van der Waals surface area contributed by atoms with Crippen molar-refractivity contribution in [1.29, 1.82) is 0 Å². The van der Waals surface area contributed by atoms with E-state index in [1.807, 2.05) is 24.3 Å². The van der Waals surface area contributed by atoms with E-state index in [1.165, 1.54) is 12.8 Å². The Hall–Kier alpha value is -1.71. The first kappa shape index (κ1) is 18.1. The summed E-state index contributed by atoms with van der Waals surface area (Å²) in [7, 11) is 0. The van der Waals surface area contributed by atoms with E-state index in [0.29, 0.717) is 30.9 Å². The summed E-state index contributed by atoms with van der Waals surface area (Å²) >= 11 is 0. The molecular formula is C21H31NO3. The Labute approximate surface area is 151 Å². The molecule has 4 atom stereocenters. The highest BCUT2D eigenvalue weighted by Gasteiger charge is 2.35. The highest BCUT2D eigenvalue weighted by atomic mass is 16.6. The molecule has 0 aromatic heterocycles. The predicted molar refractivity (Wildman–Crippen MR) is 98.8 cm³/mol. The summed E-state index contributed by atoms with van der Waals surface area (Å²) in [6.07, 6.45) is 4.22. The van der Waals surface area contributed by atoms with Crippen molar-refractivity contribution in [2.45, 2.75) is 52.6 Å². The van der Waals surface area contributed by atoms with Crippen LogP contribution >= 0.6 is 0 Å². The van der Waals surface area contributed by atoms with Gasteiger partial charge in [0.05, 0.1) is 0 Å². The van der Waals surface area contributed by atoms with E-state index in [1.54, 1.807) is 0 Å². The van der Waals surface area contributed by atoms with Gasteiger partial charge in [-0.1, -0.05) is 39.3 Å². The van der Waals surface area contributed by atoms with Gasteiger partial charge in [-0.2, -0.15) is 0 Å². The predicted octanol–water partition coefficient (Wildman–Crippen LogP) is 4.04. The number of fused-ring (bicyclic) bond motifs is 1. The van der Waals surface area contributed by atoms with Crippen molar-refractivity contribution < 1.29 is 14.3 Å². The van der Waals surface area contributed by atoms with Gasteiger partial charge in [0.15, 0.2) is 11.5 Å². The van der Waals surface area contributed by atoms with Gasteiger partial charge in [0.25, 0.3) is 0 Å². The zero-order valence-corrected chi connectivity index (χ0v) is 15.7. The number of carbonyl (C=O) groups is 1. The Bertz CT molecular complexity index is 586. The second-order valence-electron chi connectivity index (χ2n) is 8.01. The van der Waals surface area contributed by atoms with Crippen LogP contribution < -0.4 is 14.8 Å². The zero-order chi connectivity index (χ0) is 17.8. The Morgan fingerprint density at radius 1 is 1.24 bits per heavy atom. The lowest BCUT2D eigenvalue weighted by Gasteiger charge is -2.36. The van der Waals surface area contributed by atoms with Crippen molar-refractivity contribution in [1.82, 2.24) is 5.32 Å². The number of amides is 1. The van der Waals surface area contributed by atoms with E-state index < -0.39 is 0 Å². The maximum atomic E-state index is 12.7. The van der Waals surface area contributed by atoms with Gasteiger partial charge in [0, 0.05) is 18.9 Å². The van der Waals surface area contributed by atoms with Crippen molar-refractivity contribution in [3.05, 3.63) is 24.3 Å². The molecule has 25 heavy (non-hydrogen) atoms. The van der Waals surface area contributed by atoms with Crippen LogP contribution in [0.15, 0.2) is 24.3 Å². The third-order valence-corrected chi connectivity index (χ3v) is 5.69. The molecule has 4 nitrogen and oxygen atoms in total. The van der Waals surface area contributed by atoms with Crippen molar-refractivity contribution in [3.8, 4) is 11.5 Å². The molecule has 0 saturated heterocycles. The average Bonchev–Trinajstić information content (AvgIpc) is 2.61. The minimum absolute atomic E-state index is 0.00127. The fraction of sp³-hybridized carbons (Fsp3) is 0.667. The molecule has 1 saturated carbocycles. The standard InChI is InChI=1S/C21H31NO3/c1-14(2)17-9-8-15(3)12-18(17)21(23)22-11-10-16-13-24-19-6-4-5-7-20(19)25-16/h4-7,14-18H,8-13H2,1-3H3,(H,22,23). The van der Waals surface area contributed by atoms with Crippen LogP contribution in [-0.4, -0.2) is 25.2 Å². The van der Waals surface area contributed by atoms with Crippen molar-refractivity contribution in [2.24, 2.45) is 23.7 Å². The lowest BCUT2D eigenvalue weighted by atomic mass is 9.70. The van der Waals surface area contributed by atoms with Crippen LogP contribution in [0.2, 0.25) is 0 Å². The molecule has 138 valence electrons. The van der Waals surface area contributed by atoms with E-state index in [4.69, 9.17) is 9.47 Å². The first-order chi connectivity index (χ1) is 12.0. The molecule has 1 aromatic carbocycles. The van der Waals surface area contributed by atoms with Crippen molar-refractivity contribution in [3.63, 3.8) is 0 Å². The monoisotopic (exact) mass is 345 g/mol. The molecule has 0 bridgehead atoms. The van der Waals surface area contributed by atoms with Crippen LogP contribution in [0.25, 0.3) is 0 Å².